The minimum Gasteiger partial charge on any atom is -0.206 e. The van der Waals surface area contributed by atoms with E-state index in [-0.39, 0.29) is 16.6 Å². The van der Waals surface area contributed by atoms with Crippen molar-refractivity contribution in [2.75, 3.05) is 0 Å². The molecule has 3 heteroatoms. The molecule has 0 saturated heterocycles. The zero-order chi connectivity index (χ0) is 10.9. The monoisotopic (exact) mass is 278 g/mol. The van der Waals surface area contributed by atoms with Gasteiger partial charge in [-0.3, -0.25) is 0 Å². The fraction of sp³-hybridized carbons (Fsp3) is 0.455. The van der Waals surface area contributed by atoms with Crippen LogP contribution in [0.1, 0.15) is 31.7 Å². The van der Waals surface area contributed by atoms with E-state index in [1.165, 1.54) is 6.07 Å². The lowest BCUT2D eigenvalue weighted by Crippen LogP contribution is -2.13. The second-order valence-corrected chi connectivity index (χ2v) is 5.69. The van der Waals surface area contributed by atoms with Crippen LogP contribution in [0.2, 0.25) is 0 Å². The van der Waals surface area contributed by atoms with Gasteiger partial charge in [0.15, 0.2) is 0 Å². The minimum absolute atomic E-state index is 0.0289. The summed E-state index contributed by atoms with van der Waals surface area (Å²) in [6, 6.07) is 4.89. The highest BCUT2D eigenvalue weighted by Gasteiger charge is 2.24. The van der Waals surface area contributed by atoms with Gasteiger partial charge in [0.05, 0.1) is 9.85 Å². The number of halogens is 3. The van der Waals surface area contributed by atoms with Gasteiger partial charge >= 0.3 is 0 Å². The molecule has 0 aliphatic carbocycles. The first-order chi connectivity index (χ1) is 6.32. The molecule has 14 heavy (non-hydrogen) atoms. The van der Waals surface area contributed by atoms with Crippen LogP contribution >= 0.6 is 27.5 Å². The molecule has 0 radical (unpaired) electrons. The molecule has 78 valence electrons. The first-order valence-electron chi connectivity index (χ1n) is 4.41. The van der Waals surface area contributed by atoms with E-state index < -0.39 is 0 Å². The quantitative estimate of drug-likeness (QED) is 0.641. The van der Waals surface area contributed by atoms with Crippen LogP contribution in [0.3, 0.4) is 0 Å². The van der Waals surface area contributed by atoms with Crippen LogP contribution in [0.4, 0.5) is 4.39 Å². The lowest BCUT2D eigenvalue weighted by Gasteiger charge is -2.25. The molecule has 1 aromatic rings. The highest BCUT2D eigenvalue weighted by atomic mass is 79.9. The highest BCUT2D eigenvalue weighted by molar-refractivity contribution is 9.10. The average Bonchev–Trinajstić information content (AvgIpc) is 2.07. The summed E-state index contributed by atoms with van der Waals surface area (Å²) in [6.07, 6.45) is 0. The molecule has 0 N–H and O–H groups in total. The van der Waals surface area contributed by atoms with Gasteiger partial charge in [0.1, 0.15) is 5.82 Å². The van der Waals surface area contributed by atoms with Crippen molar-refractivity contribution < 1.29 is 4.39 Å². The van der Waals surface area contributed by atoms with Crippen molar-refractivity contribution in [1.29, 1.82) is 0 Å². The van der Waals surface area contributed by atoms with Gasteiger partial charge in [-0.25, -0.2) is 4.39 Å². The molecule has 0 saturated carbocycles. The predicted molar refractivity (Wildman–Crippen MR) is 62.1 cm³/mol. The van der Waals surface area contributed by atoms with Gasteiger partial charge in [0.2, 0.25) is 0 Å². The van der Waals surface area contributed by atoms with Crippen molar-refractivity contribution in [3.8, 4) is 0 Å². The Morgan fingerprint density at radius 1 is 1.36 bits per heavy atom. The van der Waals surface area contributed by atoms with Crippen LogP contribution in [0.25, 0.3) is 0 Å². The van der Waals surface area contributed by atoms with Crippen LogP contribution in [-0.4, -0.2) is 0 Å². The summed E-state index contributed by atoms with van der Waals surface area (Å²) in [4.78, 5) is 0. The summed E-state index contributed by atoms with van der Waals surface area (Å²) < 4.78 is 13.4. The molecule has 0 aliphatic rings. The van der Waals surface area contributed by atoms with Crippen molar-refractivity contribution in [1.82, 2.24) is 0 Å². The maximum absolute atomic E-state index is 13.0. The Hall–Kier alpha value is -0.0800. The summed E-state index contributed by atoms with van der Waals surface area (Å²) in [6.45, 7) is 6.17. The van der Waals surface area contributed by atoms with Crippen molar-refractivity contribution in [2.24, 2.45) is 5.41 Å². The van der Waals surface area contributed by atoms with Gasteiger partial charge in [-0.05, 0) is 39.0 Å². The maximum atomic E-state index is 13.0. The van der Waals surface area contributed by atoms with Gasteiger partial charge in [0.25, 0.3) is 0 Å². The van der Waals surface area contributed by atoms with Gasteiger partial charge in [-0.15, -0.1) is 11.6 Å². The van der Waals surface area contributed by atoms with Crippen LogP contribution < -0.4 is 0 Å². The third kappa shape index (κ3) is 2.71. The van der Waals surface area contributed by atoms with Crippen molar-refractivity contribution in [3.05, 3.63) is 34.1 Å². The SMILES string of the molecule is CC(C)(C)C(Cl)c1ccc(F)c(Br)c1. The average molecular weight is 280 g/mol. The molecule has 0 amide bonds. The largest absolute Gasteiger partial charge is 0.206 e. The molecule has 1 aromatic carbocycles. The summed E-state index contributed by atoms with van der Waals surface area (Å²) >= 11 is 9.41. The van der Waals surface area contributed by atoms with E-state index in [4.69, 9.17) is 11.6 Å². The third-order valence-electron chi connectivity index (χ3n) is 2.00. The molecule has 0 spiro atoms. The van der Waals surface area contributed by atoms with Crippen molar-refractivity contribution >= 4 is 27.5 Å². The van der Waals surface area contributed by atoms with E-state index in [1.807, 2.05) is 0 Å². The van der Waals surface area contributed by atoms with Crippen LogP contribution in [0, 0.1) is 11.2 Å². The second-order valence-electron chi connectivity index (χ2n) is 4.40. The first kappa shape index (κ1) is 12.0. The minimum atomic E-state index is -0.258. The molecular formula is C11H13BrClF. The molecule has 0 aliphatic heterocycles. The Balaban J connectivity index is 3.03. The van der Waals surface area contributed by atoms with Gasteiger partial charge in [-0.2, -0.15) is 0 Å². The number of hydrogen-bond acceptors (Lipinski definition) is 0. The molecular weight excluding hydrogens is 266 g/mol. The molecule has 1 atom stereocenters. The third-order valence-corrected chi connectivity index (χ3v) is 3.51. The number of benzene rings is 1. The topological polar surface area (TPSA) is 0 Å². The molecule has 1 unspecified atom stereocenters. The first-order valence-corrected chi connectivity index (χ1v) is 5.64. The Morgan fingerprint density at radius 2 is 1.93 bits per heavy atom. The van der Waals surface area contributed by atoms with Crippen molar-refractivity contribution in [3.63, 3.8) is 0 Å². The van der Waals surface area contributed by atoms with E-state index in [0.717, 1.165) is 5.56 Å². The predicted octanol–water partition coefficient (Wildman–Crippen LogP) is 4.91. The normalized spacial score (nSPS) is 14.1. The van der Waals surface area contributed by atoms with Crippen LogP contribution in [-0.2, 0) is 0 Å². The van der Waals surface area contributed by atoms with E-state index in [1.54, 1.807) is 12.1 Å². The van der Waals surface area contributed by atoms with E-state index in [9.17, 15) is 4.39 Å². The van der Waals surface area contributed by atoms with Crippen molar-refractivity contribution in [2.45, 2.75) is 26.1 Å². The van der Waals surface area contributed by atoms with Gasteiger partial charge in [0, 0.05) is 0 Å². The van der Waals surface area contributed by atoms with Gasteiger partial charge < -0.3 is 0 Å². The highest BCUT2D eigenvalue weighted by Crippen LogP contribution is 2.39. The van der Waals surface area contributed by atoms with E-state index >= 15 is 0 Å². The number of alkyl halides is 1. The lowest BCUT2D eigenvalue weighted by atomic mass is 9.87. The standard InChI is InChI=1S/C11H13BrClF/c1-11(2,3)10(13)7-4-5-9(14)8(12)6-7/h4-6,10H,1-3H3. The Bertz CT molecular complexity index is 331. The van der Waals surface area contributed by atoms with E-state index in [2.05, 4.69) is 36.7 Å². The Morgan fingerprint density at radius 3 is 2.36 bits per heavy atom. The van der Waals surface area contributed by atoms with Gasteiger partial charge in [-0.1, -0.05) is 26.8 Å². The summed E-state index contributed by atoms with van der Waals surface area (Å²) in [7, 11) is 0. The Labute approximate surface area is 97.6 Å². The summed E-state index contributed by atoms with van der Waals surface area (Å²) in [5.74, 6) is -0.258. The number of rotatable bonds is 1. The van der Waals surface area contributed by atoms with Crippen LogP contribution in [0.15, 0.2) is 22.7 Å². The lowest BCUT2D eigenvalue weighted by molar-refractivity contribution is 0.395. The Kier molecular flexibility index (Phi) is 3.59. The maximum Gasteiger partial charge on any atom is 0.137 e. The second kappa shape index (κ2) is 4.19. The zero-order valence-corrected chi connectivity index (χ0v) is 10.8. The molecule has 0 bridgehead atoms. The molecule has 0 nitrogen and oxygen atoms in total. The summed E-state index contributed by atoms with van der Waals surface area (Å²) in [5.41, 5.74) is 0.909. The zero-order valence-electron chi connectivity index (χ0n) is 8.44. The smallest absolute Gasteiger partial charge is 0.137 e. The molecule has 0 heterocycles. The molecule has 0 aromatic heterocycles. The van der Waals surface area contributed by atoms with E-state index in [0.29, 0.717) is 4.47 Å². The molecule has 0 fully saturated rings. The van der Waals surface area contributed by atoms with Crippen LogP contribution in [0.5, 0.6) is 0 Å². The number of hydrogen-bond donors (Lipinski definition) is 0. The summed E-state index contributed by atoms with van der Waals surface area (Å²) in [5, 5.41) is -0.112. The molecule has 1 rings (SSSR count). The fourth-order valence-corrected chi connectivity index (χ4v) is 1.70. The fourth-order valence-electron chi connectivity index (χ4n) is 1.17.